The molecule has 24 heavy (non-hydrogen) atoms. The van der Waals surface area contributed by atoms with Crippen LogP contribution in [0.1, 0.15) is 36.1 Å². The summed E-state index contributed by atoms with van der Waals surface area (Å²) in [6.45, 7) is 4.07. The summed E-state index contributed by atoms with van der Waals surface area (Å²) in [4.78, 5) is 25.8. The lowest BCUT2D eigenvalue weighted by molar-refractivity contribution is -0.131. The van der Waals surface area contributed by atoms with Gasteiger partial charge in [0.05, 0.1) is 12.5 Å². The van der Waals surface area contributed by atoms with Crippen LogP contribution in [0, 0.1) is 6.92 Å². The van der Waals surface area contributed by atoms with Gasteiger partial charge in [-0.25, -0.2) is 0 Å². The third-order valence-electron chi connectivity index (χ3n) is 4.05. The second-order valence-electron chi connectivity index (χ2n) is 6.04. The molecule has 1 atom stereocenters. The topological polar surface area (TPSA) is 49.4 Å². The molecule has 0 saturated heterocycles. The molecule has 0 fully saturated rings. The van der Waals surface area contributed by atoms with Gasteiger partial charge in [-0.2, -0.15) is 0 Å². The minimum Gasteiger partial charge on any atom is -0.349 e. The number of aryl methyl sites for hydroxylation is 1. The number of nitrogens with one attached hydrogen (secondary N) is 1. The number of amides is 2. The van der Waals surface area contributed by atoms with E-state index in [1.54, 1.807) is 11.9 Å². The second-order valence-corrected chi connectivity index (χ2v) is 6.04. The average molecular weight is 324 g/mol. The van der Waals surface area contributed by atoms with E-state index in [2.05, 4.69) is 5.32 Å². The average Bonchev–Trinajstić information content (AvgIpc) is 2.56. The monoisotopic (exact) mass is 324 g/mol. The van der Waals surface area contributed by atoms with Gasteiger partial charge in [-0.15, -0.1) is 0 Å². The van der Waals surface area contributed by atoms with E-state index in [1.165, 1.54) is 12.5 Å². The van der Waals surface area contributed by atoms with Crippen LogP contribution in [-0.2, 0) is 16.1 Å². The molecule has 0 radical (unpaired) electrons. The van der Waals surface area contributed by atoms with Crippen molar-refractivity contribution in [2.75, 3.05) is 7.05 Å². The van der Waals surface area contributed by atoms with Crippen molar-refractivity contribution in [2.45, 2.75) is 32.9 Å². The van der Waals surface area contributed by atoms with Crippen molar-refractivity contribution >= 4 is 11.8 Å². The number of nitrogens with zero attached hydrogens (tertiary/aromatic N) is 1. The number of hydrogen-bond acceptors (Lipinski definition) is 2. The Kier molecular flexibility index (Phi) is 6.13. The molecule has 0 unspecified atom stereocenters. The summed E-state index contributed by atoms with van der Waals surface area (Å²) < 4.78 is 0. The quantitative estimate of drug-likeness (QED) is 0.887. The van der Waals surface area contributed by atoms with Crippen LogP contribution in [0.5, 0.6) is 0 Å². The van der Waals surface area contributed by atoms with Crippen LogP contribution in [0.2, 0.25) is 0 Å². The lowest BCUT2D eigenvalue weighted by atomic mass is 10.0. The van der Waals surface area contributed by atoms with Gasteiger partial charge in [0.15, 0.2) is 0 Å². The highest BCUT2D eigenvalue weighted by Crippen LogP contribution is 2.18. The normalized spacial score (nSPS) is 11.6. The molecule has 0 heterocycles. The number of carbonyl (C=O) groups is 2. The molecule has 4 heteroatoms. The maximum atomic E-state index is 12.6. The van der Waals surface area contributed by atoms with Gasteiger partial charge in [0.25, 0.3) is 0 Å². The predicted octanol–water partition coefficient (Wildman–Crippen LogP) is 3.22. The molecule has 4 nitrogen and oxygen atoms in total. The minimum atomic E-state index is -0.310. The van der Waals surface area contributed by atoms with Crippen molar-refractivity contribution in [1.29, 1.82) is 0 Å². The van der Waals surface area contributed by atoms with Crippen molar-refractivity contribution < 1.29 is 9.59 Å². The zero-order chi connectivity index (χ0) is 17.5. The number of rotatable bonds is 6. The predicted molar refractivity (Wildman–Crippen MR) is 95.3 cm³/mol. The van der Waals surface area contributed by atoms with Crippen molar-refractivity contribution in [2.24, 2.45) is 0 Å². The molecule has 2 aromatic carbocycles. The van der Waals surface area contributed by atoms with Gasteiger partial charge in [0.2, 0.25) is 11.8 Å². The van der Waals surface area contributed by atoms with E-state index in [-0.39, 0.29) is 24.3 Å². The molecule has 1 N–H and O–H groups in total. The SMILES string of the molecule is CC(=O)N[C@H](CC(=O)N(C)Cc1ccccc1C)c1ccccc1. The van der Waals surface area contributed by atoms with E-state index in [9.17, 15) is 9.59 Å². The molecule has 0 bridgehead atoms. The third kappa shape index (κ3) is 4.95. The Balaban J connectivity index is 2.06. The Morgan fingerprint density at radius 3 is 2.29 bits per heavy atom. The zero-order valence-corrected chi connectivity index (χ0v) is 14.5. The van der Waals surface area contributed by atoms with E-state index in [0.29, 0.717) is 6.54 Å². The molecule has 0 aliphatic carbocycles. The maximum absolute atomic E-state index is 12.6. The summed E-state index contributed by atoms with van der Waals surface area (Å²) in [5.41, 5.74) is 3.23. The van der Waals surface area contributed by atoms with Crippen LogP contribution < -0.4 is 5.32 Å². The molecule has 0 aliphatic heterocycles. The molecule has 0 aromatic heterocycles. The van der Waals surface area contributed by atoms with E-state index in [0.717, 1.165) is 11.1 Å². The van der Waals surface area contributed by atoms with Crippen molar-refractivity contribution in [3.63, 3.8) is 0 Å². The number of hydrogen-bond donors (Lipinski definition) is 1. The van der Waals surface area contributed by atoms with Crippen molar-refractivity contribution in [3.05, 3.63) is 71.3 Å². The Morgan fingerprint density at radius 1 is 1.04 bits per heavy atom. The van der Waals surface area contributed by atoms with Gasteiger partial charge >= 0.3 is 0 Å². The highest BCUT2D eigenvalue weighted by atomic mass is 16.2. The molecule has 126 valence electrons. The van der Waals surface area contributed by atoms with E-state index in [4.69, 9.17) is 0 Å². The fourth-order valence-electron chi connectivity index (χ4n) is 2.64. The summed E-state index contributed by atoms with van der Waals surface area (Å²) in [5.74, 6) is -0.140. The highest BCUT2D eigenvalue weighted by molar-refractivity contribution is 5.79. The maximum Gasteiger partial charge on any atom is 0.225 e. The minimum absolute atomic E-state index is 0.000793. The number of benzene rings is 2. The van der Waals surface area contributed by atoms with E-state index in [1.807, 2.05) is 61.5 Å². The largest absolute Gasteiger partial charge is 0.349 e. The lowest BCUT2D eigenvalue weighted by Crippen LogP contribution is -2.33. The lowest BCUT2D eigenvalue weighted by Gasteiger charge is -2.23. The van der Waals surface area contributed by atoms with Gasteiger partial charge < -0.3 is 10.2 Å². The molecule has 2 rings (SSSR count). The first-order valence-corrected chi connectivity index (χ1v) is 8.08. The summed E-state index contributed by atoms with van der Waals surface area (Å²) in [5, 5.41) is 2.87. The van der Waals surface area contributed by atoms with Gasteiger partial charge in [0.1, 0.15) is 0 Å². The van der Waals surface area contributed by atoms with Crippen LogP contribution in [0.4, 0.5) is 0 Å². The Morgan fingerprint density at radius 2 is 1.67 bits per heavy atom. The van der Waals surface area contributed by atoms with E-state index >= 15 is 0 Å². The molecule has 2 aromatic rings. The summed E-state index contributed by atoms with van der Waals surface area (Å²) in [6.07, 6.45) is 0.242. The first kappa shape index (κ1) is 17.7. The van der Waals surface area contributed by atoms with Gasteiger partial charge in [-0.1, -0.05) is 54.6 Å². The Bertz CT molecular complexity index is 698. The Hall–Kier alpha value is -2.62. The third-order valence-corrected chi connectivity index (χ3v) is 4.05. The molecular weight excluding hydrogens is 300 g/mol. The number of carbonyl (C=O) groups excluding carboxylic acids is 2. The van der Waals surface area contributed by atoms with Crippen LogP contribution in [0.25, 0.3) is 0 Å². The first-order chi connectivity index (χ1) is 11.5. The smallest absolute Gasteiger partial charge is 0.225 e. The molecule has 0 aliphatic rings. The van der Waals surface area contributed by atoms with Gasteiger partial charge in [-0.3, -0.25) is 9.59 Å². The summed E-state index contributed by atoms with van der Waals surface area (Å²) in [7, 11) is 1.80. The highest BCUT2D eigenvalue weighted by Gasteiger charge is 2.19. The van der Waals surface area contributed by atoms with Crippen LogP contribution in [0.15, 0.2) is 54.6 Å². The van der Waals surface area contributed by atoms with Crippen LogP contribution in [0.3, 0.4) is 0 Å². The van der Waals surface area contributed by atoms with Crippen molar-refractivity contribution in [3.8, 4) is 0 Å². The summed E-state index contributed by atoms with van der Waals surface area (Å²) >= 11 is 0. The standard InChI is InChI=1S/C20H24N2O2/c1-15-9-7-8-12-18(15)14-22(3)20(24)13-19(21-16(2)23)17-10-5-4-6-11-17/h4-12,19H,13-14H2,1-3H3,(H,21,23)/t19-/m1/s1. The van der Waals surface area contributed by atoms with Crippen LogP contribution in [-0.4, -0.2) is 23.8 Å². The van der Waals surface area contributed by atoms with Crippen molar-refractivity contribution in [1.82, 2.24) is 10.2 Å². The fourth-order valence-corrected chi connectivity index (χ4v) is 2.64. The Labute approximate surface area is 143 Å². The van der Waals surface area contributed by atoms with Gasteiger partial charge in [-0.05, 0) is 23.6 Å². The fraction of sp³-hybridized carbons (Fsp3) is 0.300. The molecule has 0 saturated carbocycles. The van der Waals surface area contributed by atoms with Gasteiger partial charge in [0, 0.05) is 20.5 Å². The zero-order valence-electron chi connectivity index (χ0n) is 14.5. The summed E-state index contributed by atoms with van der Waals surface area (Å²) in [6, 6.07) is 17.3. The molecule has 0 spiro atoms. The molecular formula is C20H24N2O2. The van der Waals surface area contributed by atoms with E-state index < -0.39 is 0 Å². The first-order valence-electron chi connectivity index (χ1n) is 8.08. The second kappa shape index (κ2) is 8.29. The molecule has 2 amide bonds. The van der Waals surface area contributed by atoms with Crippen LogP contribution >= 0.6 is 0 Å².